The standard InChI is InChI=1S/C20H26N2O3S/c1-19(2)12-7-8-20(19,3)16(9-12)25-17(23)11-26-18-21-14-6-5-13(24-4)10-15(14)22-18/h5-6,10,12,16H,7-9,11H2,1-4H3,(H,21,22)/t12-,16-,20-/m1/s1. The number of aromatic nitrogens is 2. The molecule has 26 heavy (non-hydrogen) atoms. The Labute approximate surface area is 158 Å². The summed E-state index contributed by atoms with van der Waals surface area (Å²) < 4.78 is 11.1. The number of methoxy groups -OCH3 is 1. The lowest BCUT2D eigenvalue weighted by Gasteiger charge is -2.38. The Morgan fingerprint density at radius 2 is 2.19 bits per heavy atom. The number of aromatic amines is 1. The van der Waals surface area contributed by atoms with Gasteiger partial charge in [-0.2, -0.15) is 0 Å². The molecular formula is C20H26N2O3S. The lowest BCUT2D eigenvalue weighted by atomic mass is 9.70. The first-order valence-corrected chi connectivity index (χ1v) is 10.2. The van der Waals surface area contributed by atoms with Crippen molar-refractivity contribution in [3.63, 3.8) is 0 Å². The number of carbonyl (C=O) groups is 1. The van der Waals surface area contributed by atoms with Gasteiger partial charge in [0.25, 0.3) is 0 Å². The van der Waals surface area contributed by atoms with Crippen LogP contribution in [0.1, 0.15) is 40.0 Å². The van der Waals surface area contributed by atoms with E-state index in [0.29, 0.717) is 5.92 Å². The fourth-order valence-electron chi connectivity index (χ4n) is 4.79. The molecule has 1 heterocycles. The number of ether oxygens (including phenoxy) is 2. The minimum Gasteiger partial charge on any atom is -0.497 e. The molecule has 4 rings (SSSR count). The van der Waals surface area contributed by atoms with Crippen molar-refractivity contribution in [2.24, 2.45) is 16.7 Å². The van der Waals surface area contributed by atoms with E-state index in [2.05, 4.69) is 30.7 Å². The molecule has 1 N–H and O–H groups in total. The van der Waals surface area contributed by atoms with Gasteiger partial charge < -0.3 is 14.5 Å². The third-order valence-corrected chi connectivity index (χ3v) is 7.83. The van der Waals surface area contributed by atoms with Gasteiger partial charge in [0.15, 0.2) is 5.16 Å². The number of hydrogen-bond donors (Lipinski definition) is 1. The SMILES string of the molecule is COc1ccc2nc(SCC(=O)O[C@@H]3C[C@H]4CC[C@@]3(C)C4(C)C)[nH]c2c1. The molecule has 6 heteroatoms. The van der Waals surface area contributed by atoms with Gasteiger partial charge in [-0.25, -0.2) is 4.98 Å². The molecule has 2 aliphatic rings. The molecule has 2 fully saturated rings. The molecule has 5 nitrogen and oxygen atoms in total. The van der Waals surface area contributed by atoms with Crippen LogP contribution in [0.15, 0.2) is 23.4 Å². The largest absolute Gasteiger partial charge is 0.497 e. The summed E-state index contributed by atoms with van der Waals surface area (Å²) in [7, 11) is 1.64. The summed E-state index contributed by atoms with van der Waals surface area (Å²) in [6.07, 6.45) is 3.46. The molecule has 0 radical (unpaired) electrons. The number of thioether (sulfide) groups is 1. The molecular weight excluding hydrogens is 348 g/mol. The lowest BCUT2D eigenvalue weighted by Crippen LogP contribution is -2.38. The monoisotopic (exact) mass is 374 g/mol. The number of imidazole rings is 1. The summed E-state index contributed by atoms with van der Waals surface area (Å²) >= 11 is 1.39. The number of H-pyrrole nitrogens is 1. The molecule has 2 aromatic rings. The van der Waals surface area contributed by atoms with Crippen molar-refractivity contribution < 1.29 is 14.3 Å². The summed E-state index contributed by atoms with van der Waals surface area (Å²) in [5.41, 5.74) is 2.13. The molecule has 0 unspecified atom stereocenters. The highest BCUT2D eigenvalue weighted by atomic mass is 32.2. The van der Waals surface area contributed by atoms with Crippen LogP contribution in [0, 0.1) is 16.7 Å². The molecule has 1 aromatic carbocycles. The molecule has 2 saturated carbocycles. The summed E-state index contributed by atoms with van der Waals surface area (Å²) in [6.45, 7) is 6.95. The number of nitrogens with zero attached hydrogens (tertiary/aromatic N) is 1. The van der Waals surface area contributed by atoms with Gasteiger partial charge in [0.1, 0.15) is 11.9 Å². The Bertz CT molecular complexity index is 847. The molecule has 0 spiro atoms. The minimum atomic E-state index is -0.150. The van der Waals surface area contributed by atoms with Crippen molar-refractivity contribution in [2.45, 2.75) is 51.3 Å². The van der Waals surface area contributed by atoms with Gasteiger partial charge in [-0.3, -0.25) is 4.79 Å². The predicted octanol–water partition coefficient (Wildman–Crippen LogP) is 4.42. The third-order valence-electron chi connectivity index (χ3n) is 6.98. The highest BCUT2D eigenvalue weighted by molar-refractivity contribution is 7.99. The number of carbonyl (C=O) groups excluding carboxylic acids is 1. The van der Waals surface area contributed by atoms with Gasteiger partial charge in [-0.1, -0.05) is 32.5 Å². The molecule has 2 aliphatic carbocycles. The average molecular weight is 375 g/mol. The van der Waals surface area contributed by atoms with Crippen LogP contribution in [0.2, 0.25) is 0 Å². The maximum atomic E-state index is 12.4. The third kappa shape index (κ3) is 2.70. The van der Waals surface area contributed by atoms with Gasteiger partial charge in [-0.15, -0.1) is 0 Å². The second-order valence-electron chi connectivity index (χ2n) is 8.30. The fraction of sp³-hybridized carbons (Fsp3) is 0.600. The predicted molar refractivity (Wildman–Crippen MR) is 102 cm³/mol. The average Bonchev–Trinajstić information content (AvgIpc) is 3.18. The zero-order valence-electron chi connectivity index (χ0n) is 15.8. The summed E-state index contributed by atoms with van der Waals surface area (Å²) in [4.78, 5) is 20.2. The van der Waals surface area contributed by atoms with E-state index in [-0.39, 0.29) is 28.7 Å². The van der Waals surface area contributed by atoms with E-state index in [0.717, 1.165) is 34.8 Å². The van der Waals surface area contributed by atoms with E-state index >= 15 is 0 Å². The molecule has 0 saturated heterocycles. The molecule has 1 aromatic heterocycles. The highest BCUT2D eigenvalue weighted by Crippen LogP contribution is 2.66. The summed E-state index contributed by atoms with van der Waals surface area (Å²) in [5.74, 6) is 1.57. The van der Waals surface area contributed by atoms with Gasteiger partial charge in [-0.05, 0) is 42.7 Å². The smallest absolute Gasteiger partial charge is 0.316 e. The van der Waals surface area contributed by atoms with Crippen molar-refractivity contribution in [3.8, 4) is 5.75 Å². The Kier molecular flexibility index (Phi) is 4.21. The fourth-order valence-corrected chi connectivity index (χ4v) is 5.46. The van der Waals surface area contributed by atoms with Crippen LogP contribution < -0.4 is 4.74 Å². The van der Waals surface area contributed by atoms with Crippen molar-refractivity contribution in [2.75, 3.05) is 12.9 Å². The number of hydrogen-bond acceptors (Lipinski definition) is 5. The van der Waals surface area contributed by atoms with E-state index < -0.39 is 0 Å². The number of esters is 1. The molecule has 0 amide bonds. The molecule has 140 valence electrons. The second-order valence-corrected chi connectivity index (χ2v) is 9.27. The van der Waals surface area contributed by atoms with Crippen molar-refractivity contribution in [1.82, 2.24) is 9.97 Å². The normalized spacial score (nSPS) is 29.2. The summed E-state index contributed by atoms with van der Waals surface area (Å²) in [5, 5.41) is 0.727. The maximum Gasteiger partial charge on any atom is 0.316 e. The Balaban J connectivity index is 1.38. The molecule has 0 aliphatic heterocycles. The van der Waals surface area contributed by atoms with Gasteiger partial charge in [0, 0.05) is 11.5 Å². The van der Waals surface area contributed by atoms with Crippen molar-refractivity contribution in [1.29, 1.82) is 0 Å². The van der Waals surface area contributed by atoms with Crippen LogP contribution in [-0.2, 0) is 9.53 Å². The Morgan fingerprint density at radius 3 is 2.85 bits per heavy atom. The van der Waals surface area contributed by atoms with E-state index in [1.165, 1.54) is 18.2 Å². The topological polar surface area (TPSA) is 64.2 Å². The Morgan fingerprint density at radius 1 is 1.38 bits per heavy atom. The van der Waals surface area contributed by atoms with Crippen LogP contribution in [0.4, 0.5) is 0 Å². The maximum absolute atomic E-state index is 12.4. The first kappa shape index (κ1) is 17.7. The minimum absolute atomic E-state index is 0.0456. The van der Waals surface area contributed by atoms with E-state index in [9.17, 15) is 4.79 Å². The number of rotatable bonds is 5. The van der Waals surface area contributed by atoms with Crippen molar-refractivity contribution in [3.05, 3.63) is 18.2 Å². The van der Waals surface area contributed by atoms with Gasteiger partial charge in [0.05, 0.1) is 23.9 Å². The van der Waals surface area contributed by atoms with Crippen LogP contribution in [0.3, 0.4) is 0 Å². The Hall–Kier alpha value is -1.69. The number of benzene rings is 1. The summed E-state index contributed by atoms with van der Waals surface area (Å²) in [6, 6.07) is 5.69. The highest BCUT2D eigenvalue weighted by Gasteiger charge is 2.62. The zero-order chi connectivity index (χ0) is 18.5. The first-order valence-electron chi connectivity index (χ1n) is 9.19. The molecule has 2 bridgehead atoms. The van der Waals surface area contributed by atoms with Gasteiger partial charge >= 0.3 is 5.97 Å². The zero-order valence-corrected chi connectivity index (χ0v) is 16.6. The second kappa shape index (κ2) is 6.19. The van der Waals surface area contributed by atoms with Crippen LogP contribution >= 0.6 is 11.8 Å². The molecule has 3 atom stereocenters. The first-order chi connectivity index (χ1) is 12.3. The van der Waals surface area contributed by atoms with E-state index in [4.69, 9.17) is 9.47 Å². The van der Waals surface area contributed by atoms with Crippen molar-refractivity contribution >= 4 is 28.8 Å². The van der Waals surface area contributed by atoms with Gasteiger partial charge in [0.2, 0.25) is 0 Å². The van der Waals surface area contributed by atoms with Crippen LogP contribution in [-0.4, -0.2) is 34.9 Å². The number of fused-ring (bicyclic) bond motifs is 3. The van der Waals surface area contributed by atoms with Crippen LogP contribution in [0.25, 0.3) is 11.0 Å². The van der Waals surface area contributed by atoms with E-state index in [1.807, 2.05) is 18.2 Å². The quantitative estimate of drug-likeness (QED) is 0.620. The van der Waals surface area contributed by atoms with Crippen LogP contribution in [0.5, 0.6) is 5.75 Å². The number of nitrogens with one attached hydrogen (secondary N) is 1. The lowest BCUT2D eigenvalue weighted by molar-refractivity contribution is -0.153. The van der Waals surface area contributed by atoms with E-state index in [1.54, 1.807) is 7.11 Å².